The molecule has 0 bridgehead atoms. The van der Waals surface area contributed by atoms with Gasteiger partial charge in [0.2, 0.25) is 0 Å². The van der Waals surface area contributed by atoms with Gasteiger partial charge in [0, 0.05) is 0 Å². The average Bonchev–Trinajstić information content (AvgIpc) is 2.40. The van der Waals surface area contributed by atoms with Crippen LogP contribution in [-0.2, 0) is 0 Å². The van der Waals surface area contributed by atoms with Gasteiger partial charge in [-0.15, -0.1) is 0 Å². The maximum absolute atomic E-state index is 6.73. The zero-order valence-electron chi connectivity index (χ0n) is 13.6. The Morgan fingerprint density at radius 1 is 0.722 bits per heavy atom. The second-order valence-corrected chi connectivity index (χ2v) is 6.34. The molecule has 0 rings (SSSR count). The molecule has 0 nitrogen and oxygen atoms in total. The summed E-state index contributed by atoms with van der Waals surface area (Å²) >= 11 is 0. The topological polar surface area (TPSA) is 0 Å². The van der Waals surface area contributed by atoms with Crippen molar-refractivity contribution in [3.8, 4) is 0 Å². The Kier molecular flexibility index (Phi) is 9.08. The van der Waals surface area contributed by atoms with E-state index in [0.29, 0.717) is 5.41 Å². The minimum Gasteiger partial charge on any atom is -0.0655 e. The van der Waals surface area contributed by atoms with Crippen LogP contribution in [-0.4, -0.2) is 7.85 Å². The van der Waals surface area contributed by atoms with E-state index in [1.165, 1.54) is 51.4 Å². The van der Waals surface area contributed by atoms with Crippen molar-refractivity contribution < 1.29 is 0 Å². The van der Waals surface area contributed by atoms with E-state index in [9.17, 15) is 0 Å². The number of hydrogen-bond acceptors (Lipinski definition) is 0. The summed E-state index contributed by atoms with van der Waals surface area (Å²) in [5.41, 5.74) is 0.334. The maximum Gasteiger partial charge on any atom is 0.0753 e. The predicted molar refractivity (Wildman–Crippen MR) is 85.4 cm³/mol. The largest absolute Gasteiger partial charge is 0.0753 e. The molecule has 1 atom stereocenters. The quantitative estimate of drug-likeness (QED) is 0.298. The van der Waals surface area contributed by atoms with Crippen molar-refractivity contribution in [3.05, 3.63) is 0 Å². The first-order valence-corrected chi connectivity index (χ1v) is 8.28. The predicted octanol–water partition coefficient (Wildman–Crippen LogP) is 6.30. The highest BCUT2D eigenvalue weighted by molar-refractivity contribution is 6.15. The molecule has 0 aliphatic heterocycles. The Balaban J connectivity index is 4.59. The monoisotopic (exact) mass is 250 g/mol. The molecule has 0 aliphatic carbocycles. The third kappa shape index (κ3) is 4.98. The molecule has 0 N–H and O–H groups in total. The van der Waals surface area contributed by atoms with Gasteiger partial charge in [-0.25, -0.2) is 0 Å². The average molecular weight is 250 g/mol. The Labute approximate surface area is 118 Å². The fraction of sp³-hybridized carbons (Fsp3) is 1.00. The van der Waals surface area contributed by atoms with Gasteiger partial charge >= 0.3 is 0 Å². The fourth-order valence-electron chi connectivity index (χ4n) is 3.24. The van der Waals surface area contributed by atoms with Crippen molar-refractivity contribution in [1.29, 1.82) is 0 Å². The maximum atomic E-state index is 6.73. The third-order valence-electron chi connectivity index (χ3n) is 5.13. The zero-order chi connectivity index (χ0) is 14.1. The Hall–Kier alpha value is 0.0649. The van der Waals surface area contributed by atoms with Gasteiger partial charge in [0.15, 0.2) is 0 Å². The summed E-state index contributed by atoms with van der Waals surface area (Å²) in [6.07, 6.45) is 12.9. The van der Waals surface area contributed by atoms with Gasteiger partial charge in [-0.05, 0) is 18.3 Å². The zero-order valence-corrected chi connectivity index (χ0v) is 13.6. The highest BCUT2D eigenvalue weighted by Gasteiger charge is 2.39. The van der Waals surface area contributed by atoms with Gasteiger partial charge in [-0.1, -0.05) is 91.3 Å². The van der Waals surface area contributed by atoms with Crippen LogP contribution >= 0.6 is 0 Å². The molecule has 106 valence electrons. The second kappa shape index (κ2) is 9.05. The smallest absolute Gasteiger partial charge is 0.0655 e. The van der Waals surface area contributed by atoms with Crippen molar-refractivity contribution in [1.82, 2.24) is 0 Å². The highest BCUT2D eigenvalue weighted by Crippen LogP contribution is 2.54. The van der Waals surface area contributed by atoms with Gasteiger partial charge in [-0.2, -0.15) is 0 Å². The Morgan fingerprint density at radius 3 is 1.67 bits per heavy atom. The summed E-state index contributed by atoms with van der Waals surface area (Å²) in [6.45, 7) is 11.5. The minimum absolute atomic E-state index is 0.0361. The third-order valence-corrected chi connectivity index (χ3v) is 5.13. The fourth-order valence-corrected chi connectivity index (χ4v) is 3.24. The van der Waals surface area contributed by atoms with E-state index >= 15 is 0 Å². The SMILES string of the molecule is [B]C(CC)(CC)C(C)(CCCC)CCCCCC. The van der Waals surface area contributed by atoms with Crippen LogP contribution in [0.1, 0.15) is 98.8 Å². The lowest BCUT2D eigenvalue weighted by Crippen LogP contribution is -2.34. The van der Waals surface area contributed by atoms with E-state index in [0.717, 1.165) is 12.8 Å². The summed E-state index contributed by atoms with van der Waals surface area (Å²) in [4.78, 5) is 0. The van der Waals surface area contributed by atoms with E-state index in [4.69, 9.17) is 7.85 Å². The van der Waals surface area contributed by atoms with Crippen LogP contribution in [0, 0.1) is 5.41 Å². The van der Waals surface area contributed by atoms with Gasteiger partial charge in [-0.3, -0.25) is 0 Å². The van der Waals surface area contributed by atoms with Crippen molar-refractivity contribution in [2.45, 2.75) is 104 Å². The minimum atomic E-state index is 0.0361. The van der Waals surface area contributed by atoms with Crippen LogP contribution in [0.5, 0.6) is 0 Å². The van der Waals surface area contributed by atoms with Crippen LogP contribution < -0.4 is 0 Å². The summed E-state index contributed by atoms with van der Waals surface area (Å²) in [7, 11) is 6.73. The van der Waals surface area contributed by atoms with Crippen LogP contribution in [0.25, 0.3) is 0 Å². The first-order valence-electron chi connectivity index (χ1n) is 8.28. The molecule has 0 aromatic rings. The normalized spacial score (nSPS) is 15.6. The van der Waals surface area contributed by atoms with Crippen LogP contribution in [0.4, 0.5) is 0 Å². The lowest BCUT2D eigenvalue weighted by atomic mass is 9.48. The summed E-state index contributed by atoms with van der Waals surface area (Å²) in [6, 6.07) is 0. The van der Waals surface area contributed by atoms with Crippen LogP contribution in [0.2, 0.25) is 5.31 Å². The molecule has 0 saturated heterocycles. The van der Waals surface area contributed by atoms with Gasteiger partial charge in [0.25, 0.3) is 0 Å². The van der Waals surface area contributed by atoms with Gasteiger partial charge in [0.05, 0.1) is 7.85 Å². The number of unbranched alkanes of at least 4 members (excludes halogenated alkanes) is 4. The van der Waals surface area contributed by atoms with E-state index < -0.39 is 0 Å². The Morgan fingerprint density at radius 2 is 1.22 bits per heavy atom. The van der Waals surface area contributed by atoms with E-state index in [2.05, 4.69) is 34.6 Å². The lowest BCUT2D eigenvalue weighted by molar-refractivity contribution is 0.150. The molecule has 18 heavy (non-hydrogen) atoms. The van der Waals surface area contributed by atoms with Crippen molar-refractivity contribution in [3.63, 3.8) is 0 Å². The molecule has 1 unspecified atom stereocenters. The summed E-state index contributed by atoms with van der Waals surface area (Å²) < 4.78 is 0. The molecule has 0 saturated carbocycles. The van der Waals surface area contributed by atoms with Crippen LogP contribution in [0.15, 0.2) is 0 Å². The summed E-state index contributed by atoms with van der Waals surface area (Å²) in [5.74, 6) is 0. The molecule has 0 heterocycles. The van der Waals surface area contributed by atoms with Crippen molar-refractivity contribution >= 4 is 7.85 Å². The highest BCUT2D eigenvalue weighted by atomic mass is 14.4. The van der Waals surface area contributed by atoms with E-state index in [1.807, 2.05) is 0 Å². The molecule has 0 fully saturated rings. The molecule has 0 aromatic heterocycles. The second-order valence-electron chi connectivity index (χ2n) is 6.34. The molecule has 0 amide bonds. The molecule has 0 aromatic carbocycles. The standard InChI is InChI=1S/C17H35B/c1-6-10-12-13-15-16(5,14-11-7-2)17(18,8-3)9-4/h6-15H2,1-5H3. The first-order chi connectivity index (χ1) is 8.49. The van der Waals surface area contributed by atoms with E-state index in [-0.39, 0.29) is 5.31 Å². The van der Waals surface area contributed by atoms with Gasteiger partial charge < -0.3 is 0 Å². The molecular formula is C17H35B. The Bertz CT molecular complexity index is 196. The lowest BCUT2D eigenvalue weighted by Gasteiger charge is -2.47. The molecule has 0 spiro atoms. The molecular weight excluding hydrogens is 215 g/mol. The summed E-state index contributed by atoms with van der Waals surface area (Å²) in [5, 5.41) is 0.0361. The molecule has 2 radical (unpaired) electrons. The van der Waals surface area contributed by atoms with Crippen LogP contribution in [0.3, 0.4) is 0 Å². The van der Waals surface area contributed by atoms with Crippen molar-refractivity contribution in [2.75, 3.05) is 0 Å². The molecule has 1 heteroatoms. The number of hydrogen-bond donors (Lipinski definition) is 0. The molecule has 0 aliphatic rings. The number of rotatable bonds is 11. The van der Waals surface area contributed by atoms with Crippen molar-refractivity contribution in [2.24, 2.45) is 5.41 Å². The van der Waals surface area contributed by atoms with Gasteiger partial charge in [0.1, 0.15) is 0 Å². The first kappa shape index (κ1) is 18.1. The van der Waals surface area contributed by atoms with E-state index in [1.54, 1.807) is 0 Å².